The molecule has 0 aromatic heterocycles. The Labute approximate surface area is 123 Å². The molecule has 4 heteroatoms. The number of benzene rings is 2. The molecule has 0 aliphatic rings. The summed E-state index contributed by atoms with van der Waals surface area (Å²) >= 11 is 5.90. The summed E-state index contributed by atoms with van der Waals surface area (Å²) < 4.78 is 13.4. The molecule has 0 saturated carbocycles. The fourth-order valence-electron chi connectivity index (χ4n) is 2.03. The number of hydrogen-bond donors (Lipinski definition) is 1. The van der Waals surface area contributed by atoms with E-state index in [4.69, 9.17) is 11.6 Å². The van der Waals surface area contributed by atoms with Crippen LogP contribution < -0.4 is 4.90 Å². The number of aliphatic hydroxyl groups excluding tert-OH is 1. The van der Waals surface area contributed by atoms with Gasteiger partial charge in [0.25, 0.3) is 0 Å². The van der Waals surface area contributed by atoms with E-state index < -0.39 is 11.9 Å². The molecule has 2 aromatic carbocycles. The zero-order valence-corrected chi connectivity index (χ0v) is 12.2. The normalized spacial score (nSPS) is 12.2. The van der Waals surface area contributed by atoms with Crippen LogP contribution in [0.3, 0.4) is 0 Å². The van der Waals surface area contributed by atoms with Crippen LogP contribution >= 0.6 is 11.6 Å². The maximum absolute atomic E-state index is 13.4. The van der Waals surface area contributed by atoms with Crippen molar-refractivity contribution in [3.05, 3.63) is 64.4 Å². The monoisotopic (exact) mass is 293 g/mol. The van der Waals surface area contributed by atoms with E-state index in [0.29, 0.717) is 5.56 Å². The predicted octanol–water partition coefficient (Wildman–Crippen LogP) is 3.82. The lowest BCUT2D eigenvalue weighted by Crippen LogP contribution is -2.09. The Morgan fingerprint density at radius 3 is 2.40 bits per heavy atom. The van der Waals surface area contributed by atoms with Gasteiger partial charge >= 0.3 is 0 Å². The van der Waals surface area contributed by atoms with E-state index in [0.717, 1.165) is 11.3 Å². The third-order valence-corrected chi connectivity index (χ3v) is 3.66. The first-order valence-electron chi connectivity index (χ1n) is 6.37. The van der Waals surface area contributed by atoms with Gasteiger partial charge in [0.15, 0.2) is 0 Å². The first-order chi connectivity index (χ1) is 9.49. The lowest BCUT2D eigenvalue weighted by molar-refractivity contribution is 0.178. The van der Waals surface area contributed by atoms with E-state index >= 15 is 0 Å². The minimum atomic E-state index is -0.703. The second-order valence-electron chi connectivity index (χ2n) is 4.92. The van der Waals surface area contributed by atoms with Crippen LogP contribution in [0.5, 0.6) is 0 Å². The van der Waals surface area contributed by atoms with E-state index in [1.54, 1.807) is 12.1 Å². The van der Waals surface area contributed by atoms with Crippen molar-refractivity contribution in [1.29, 1.82) is 0 Å². The second-order valence-corrected chi connectivity index (χ2v) is 5.30. The van der Waals surface area contributed by atoms with Crippen LogP contribution in [0.15, 0.2) is 42.5 Å². The van der Waals surface area contributed by atoms with E-state index in [9.17, 15) is 9.50 Å². The molecule has 0 spiro atoms. The molecular formula is C16H17ClFNO. The predicted molar refractivity (Wildman–Crippen MR) is 80.8 cm³/mol. The van der Waals surface area contributed by atoms with Crippen molar-refractivity contribution in [3.63, 3.8) is 0 Å². The Balaban J connectivity index is 2.15. The van der Waals surface area contributed by atoms with Crippen LogP contribution in [-0.2, 0) is 6.42 Å². The quantitative estimate of drug-likeness (QED) is 0.926. The maximum Gasteiger partial charge on any atom is 0.142 e. The van der Waals surface area contributed by atoms with Gasteiger partial charge in [0.1, 0.15) is 5.82 Å². The summed E-state index contributed by atoms with van der Waals surface area (Å²) in [5.41, 5.74) is 2.46. The summed E-state index contributed by atoms with van der Waals surface area (Å²) in [5.74, 6) is -0.459. The average molecular weight is 294 g/mol. The molecule has 0 radical (unpaired) electrons. The molecule has 1 unspecified atom stereocenters. The van der Waals surface area contributed by atoms with Gasteiger partial charge in [0.05, 0.1) is 11.1 Å². The van der Waals surface area contributed by atoms with Crippen molar-refractivity contribution in [2.24, 2.45) is 0 Å². The topological polar surface area (TPSA) is 23.5 Å². The molecule has 1 atom stereocenters. The van der Waals surface area contributed by atoms with Crippen molar-refractivity contribution in [3.8, 4) is 0 Å². The first-order valence-corrected chi connectivity index (χ1v) is 6.75. The summed E-state index contributed by atoms with van der Waals surface area (Å²) in [6.45, 7) is 0. The van der Waals surface area contributed by atoms with E-state index in [1.165, 1.54) is 6.07 Å². The Hall–Kier alpha value is -1.58. The largest absolute Gasteiger partial charge is 0.388 e. The Morgan fingerprint density at radius 1 is 1.15 bits per heavy atom. The summed E-state index contributed by atoms with van der Waals surface area (Å²) in [4.78, 5) is 1.99. The van der Waals surface area contributed by atoms with Crippen LogP contribution in [-0.4, -0.2) is 19.2 Å². The molecule has 20 heavy (non-hydrogen) atoms. The molecule has 2 aromatic rings. The van der Waals surface area contributed by atoms with Gasteiger partial charge in [0.2, 0.25) is 0 Å². The minimum absolute atomic E-state index is 0.0801. The Bertz CT molecular complexity index is 584. The lowest BCUT2D eigenvalue weighted by atomic mass is 10.0. The van der Waals surface area contributed by atoms with Gasteiger partial charge in [-0.3, -0.25) is 0 Å². The number of aliphatic hydroxyl groups is 1. The summed E-state index contributed by atoms with van der Waals surface area (Å²) in [5, 5.41) is 10.3. The average Bonchev–Trinajstić information content (AvgIpc) is 2.44. The van der Waals surface area contributed by atoms with Crippen LogP contribution in [0.2, 0.25) is 5.02 Å². The number of nitrogens with zero attached hydrogens (tertiary/aromatic N) is 1. The molecule has 106 valence electrons. The fourth-order valence-corrected chi connectivity index (χ4v) is 2.23. The highest BCUT2D eigenvalue weighted by Gasteiger charge is 2.13. The Kier molecular flexibility index (Phi) is 4.63. The summed E-state index contributed by atoms with van der Waals surface area (Å²) in [7, 11) is 3.91. The van der Waals surface area contributed by atoms with Crippen LogP contribution in [0.1, 0.15) is 17.2 Å². The van der Waals surface area contributed by atoms with Gasteiger partial charge in [-0.2, -0.15) is 0 Å². The third kappa shape index (κ3) is 3.30. The second kappa shape index (κ2) is 6.25. The van der Waals surface area contributed by atoms with E-state index in [2.05, 4.69) is 0 Å². The van der Waals surface area contributed by atoms with Gasteiger partial charge in [0, 0.05) is 26.2 Å². The highest BCUT2D eigenvalue weighted by molar-refractivity contribution is 6.31. The number of anilines is 1. The highest BCUT2D eigenvalue weighted by atomic mass is 35.5. The molecule has 2 nitrogen and oxygen atoms in total. The van der Waals surface area contributed by atoms with Crippen LogP contribution in [0.25, 0.3) is 0 Å². The summed E-state index contributed by atoms with van der Waals surface area (Å²) in [6.07, 6.45) is -0.414. The number of halogens is 2. The van der Waals surface area contributed by atoms with Crippen molar-refractivity contribution < 1.29 is 9.50 Å². The lowest BCUT2D eigenvalue weighted by Gasteiger charge is -2.16. The van der Waals surface area contributed by atoms with Crippen molar-refractivity contribution in [2.75, 3.05) is 19.0 Å². The molecule has 1 N–H and O–H groups in total. The van der Waals surface area contributed by atoms with Gasteiger partial charge in [-0.25, -0.2) is 4.39 Å². The van der Waals surface area contributed by atoms with Gasteiger partial charge in [-0.1, -0.05) is 35.9 Å². The highest BCUT2D eigenvalue weighted by Crippen LogP contribution is 2.26. The zero-order chi connectivity index (χ0) is 14.7. The van der Waals surface area contributed by atoms with Gasteiger partial charge in [-0.05, 0) is 29.3 Å². The standard InChI is InChI=1S/C16H17ClFNO/c1-19(2)13-8-6-11(7-9-13)15(20)10-12-4-3-5-14(18)16(12)17/h3-9,15,20H,10H2,1-2H3. The molecule has 0 aliphatic carbocycles. The number of rotatable bonds is 4. The Morgan fingerprint density at radius 2 is 1.80 bits per heavy atom. The number of hydrogen-bond acceptors (Lipinski definition) is 2. The van der Waals surface area contributed by atoms with E-state index in [-0.39, 0.29) is 11.4 Å². The molecule has 0 saturated heterocycles. The van der Waals surface area contributed by atoms with Crippen molar-refractivity contribution in [2.45, 2.75) is 12.5 Å². The van der Waals surface area contributed by atoms with Crippen molar-refractivity contribution in [1.82, 2.24) is 0 Å². The summed E-state index contributed by atoms with van der Waals surface area (Å²) in [6, 6.07) is 12.2. The third-order valence-electron chi connectivity index (χ3n) is 3.24. The molecule has 0 fully saturated rings. The van der Waals surface area contributed by atoms with Gasteiger partial charge in [-0.15, -0.1) is 0 Å². The molecule has 2 rings (SSSR count). The van der Waals surface area contributed by atoms with Crippen LogP contribution in [0, 0.1) is 5.82 Å². The molecule has 0 heterocycles. The first kappa shape index (κ1) is 14.8. The van der Waals surface area contributed by atoms with Crippen molar-refractivity contribution >= 4 is 17.3 Å². The molecule has 0 amide bonds. The van der Waals surface area contributed by atoms with Crippen LogP contribution in [0.4, 0.5) is 10.1 Å². The smallest absolute Gasteiger partial charge is 0.142 e. The molecule has 0 aliphatic heterocycles. The van der Waals surface area contributed by atoms with E-state index in [1.807, 2.05) is 43.3 Å². The van der Waals surface area contributed by atoms with Gasteiger partial charge < -0.3 is 10.0 Å². The molecule has 0 bridgehead atoms. The SMILES string of the molecule is CN(C)c1ccc(C(O)Cc2cccc(F)c2Cl)cc1. The zero-order valence-electron chi connectivity index (χ0n) is 11.5. The fraction of sp³-hybridized carbons (Fsp3) is 0.250. The minimum Gasteiger partial charge on any atom is -0.388 e. The maximum atomic E-state index is 13.4. The molecular weight excluding hydrogens is 277 g/mol.